The lowest BCUT2D eigenvalue weighted by atomic mass is 9.88. The molecule has 1 nitrogen and oxygen atoms in total. The van der Waals surface area contributed by atoms with Crippen molar-refractivity contribution in [3.63, 3.8) is 0 Å². The predicted molar refractivity (Wildman–Crippen MR) is 77.2 cm³/mol. The van der Waals surface area contributed by atoms with Crippen molar-refractivity contribution in [2.75, 3.05) is 13.1 Å². The van der Waals surface area contributed by atoms with E-state index >= 15 is 0 Å². The Bertz CT molecular complexity index is 317. The Morgan fingerprint density at radius 1 is 1.44 bits per heavy atom. The van der Waals surface area contributed by atoms with Crippen molar-refractivity contribution in [3.8, 4) is 0 Å². The van der Waals surface area contributed by atoms with E-state index in [4.69, 9.17) is 0 Å². The Morgan fingerprint density at radius 2 is 2.12 bits per heavy atom. The molecule has 1 rings (SSSR count). The molecule has 0 aromatic carbocycles. The third-order valence-corrected chi connectivity index (χ3v) is 4.13. The van der Waals surface area contributed by atoms with Crippen molar-refractivity contribution in [3.05, 3.63) is 20.8 Å². The summed E-state index contributed by atoms with van der Waals surface area (Å²) in [6.45, 7) is 11.3. The molecule has 1 aromatic rings. The van der Waals surface area contributed by atoms with Crippen LogP contribution in [0.2, 0.25) is 0 Å². The second-order valence-corrected chi connectivity index (χ2v) is 7.51. The third-order valence-electron chi connectivity index (χ3n) is 2.43. The number of hydrogen-bond donors (Lipinski definition) is 1. The summed E-state index contributed by atoms with van der Waals surface area (Å²) < 4.78 is 1.21. The minimum atomic E-state index is 0.333. The molecule has 0 saturated heterocycles. The van der Waals surface area contributed by atoms with Crippen LogP contribution >= 0.6 is 27.3 Å². The predicted octanol–water partition coefficient (Wildman–Crippen LogP) is 4.32. The summed E-state index contributed by atoms with van der Waals surface area (Å²) >= 11 is 5.35. The van der Waals surface area contributed by atoms with Gasteiger partial charge >= 0.3 is 0 Å². The summed E-state index contributed by atoms with van der Waals surface area (Å²) in [5.41, 5.74) is 0.333. The molecule has 0 saturated carbocycles. The van der Waals surface area contributed by atoms with E-state index in [0.29, 0.717) is 5.41 Å². The molecule has 0 spiro atoms. The first-order valence-electron chi connectivity index (χ1n) is 5.83. The maximum Gasteiger partial charge on any atom is 0.0285 e. The molecule has 0 amide bonds. The fraction of sp³-hybridized carbons (Fsp3) is 0.692. The lowest BCUT2D eigenvalue weighted by Crippen LogP contribution is -2.33. The van der Waals surface area contributed by atoms with E-state index in [1.807, 2.05) is 11.3 Å². The van der Waals surface area contributed by atoms with Crippen molar-refractivity contribution < 1.29 is 0 Å². The van der Waals surface area contributed by atoms with Gasteiger partial charge in [0, 0.05) is 21.3 Å². The van der Waals surface area contributed by atoms with E-state index in [2.05, 4.69) is 60.4 Å². The van der Waals surface area contributed by atoms with Crippen LogP contribution in [0.5, 0.6) is 0 Å². The number of halogens is 1. The van der Waals surface area contributed by atoms with Crippen LogP contribution in [0.25, 0.3) is 0 Å². The standard InChI is InChI=1S/C13H22BrNS/c1-10(2)7-15-9-13(3,4)6-12-5-11(14)8-16-12/h5,8,10,15H,6-7,9H2,1-4H3. The van der Waals surface area contributed by atoms with Gasteiger partial charge in [0.15, 0.2) is 0 Å². The highest BCUT2D eigenvalue weighted by atomic mass is 79.9. The first kappa shape index (κ1) is 14.2. The molecule has 0 unspecified atom stereocenters. The van der Waals surface area contributed by atoms with Crippen molar-refractivity contribution in [1.82, 2.24) is 5.32 Å². The fourth-order valence-electron chi connectivity index (χ4n) is 1.68. The van der Waals surface area contributed by atoms with Crippen LogP contribution in [0.4, 0.5) is 0 Å². The molecular weight excluding hydrogens is 282 g/mol. The highest BCUT2D eigenvalue weighted by molar-refractivity contribution is 9.10. The van der Waals surface area contributed by atoms with Gasteiger partial charge in [-0.3, -0.25) is 0 Å². The molecule has 0 fully saturated rings. The lowest BCUT2D eigenvalue weighted by Gasteiger charge is -2.25. The fourth-order valence-corrected chi connectivity index (χ4v) is 3.39. The summed E-state index contributed by atoms with van der Waals surface area (Å²) in [5, 5.41) is 5.70. The molecule has 0 aliphatic heterocycles. The topological polar surface area (TPSA) is 12.0 Å². The lowest BCUT2D eigenvalue weighted by molar-refractivity contribution is 0.332. The van der Waals surface area contributed by atoms with Crippen molar-refractivity contribution in [2.24, 2.45) is 11.3 Å². The zero-order valence-electron chi connectivity index (χ0n) is 10.6. The molecule has 1 N–H and O–H groups in total. The summed E-state index contributed by atoms with van der Waals surface area (Å²) in [6.07, 6.45) is 1.15. The summed E-state index contributed by atoms with van der Waals surface area (Å²) in [6, 6.07) is 2.23. The second-order valence-electron chi connectivity index (χ2n) is 5.60. The summed E-state index contributed by atoms with van der Waals surface area (Å²) in [7, 11) is 0. The molecule has 0 bridgehead atoms. The molecule has 0 aliphatic rings. The molecular formula is C13H22BrNS. The van der Waals surface area contributed by atoms with Gasteiger partial charge in [-0.05, 0) is 46.3 Å². The molecule has 0 aliphatic carbocycles. The first-order chi connectivity index (χ1) is 7.39. The van der Waals surface area contributed by atoms with Crippen LogP contribution in [0.1, 0.15) is 32.6 Å². The van der Waals surface area contributed by atoms with Gasteiger partial charge in [-0.2, -0.15) is 0 Å². The minimum Gasteiger partial charge on any atom is -0.316 e. The van der Waals surface area contributed by atoms with E-state index < -0.39 is 0 Å². The molecule has 0 atom stereocenters. The van der Waals surface area contributed by atoms with Crippen LogP contribution in [0.3, 0.4) is 0 Å². The zero-order valence-corrected chi connectivity index (χ0v) is 13.0. The van der Waals surface area contributed by atoms with Gasteiger partial charge in [-0.25, -0.2) is 0 Å². The van der Waals surface area contributed by atoms with Crippen LogP contribution in [-0.2, 0) is 6.42 Å². The molecule has 92 valence electrons. The van der Waals surface area contributed by atoms with Gasteiger partial charge < -0.3 is 5.32 Å². The number of hydrogen-bond acceptors (Lipinski definition) is 2. The Morgan fingerprint density at radius 3 is 2.62 bits per heavy atom. The van der Waals surface area contributed by atoms with Gasteiger partial charge in [0.2, 0.25) is 0 Å². The molecule has 1 aromatic heterocycles. The smallest absolute Gasteiger partial charge is 0.0285 e. The van der Waals surface area contributed by atoms with Crippen LogP contribution in [0.15, 0.2) is 15.9 Å². The average molecular weight is 304 g/mol. The van der Waals surface area contributed by atoms with E-state index in [9.17, 15) is 0 Å². The number of rotatable bonds is 6. The highest BCUT2D eigenvalue weighted by Gasteiger charge is 2.19. The maximum atomic E-state index is 3.55. The van der Waals surface area contributed by atoms with E-state index in [-0.39, 0.29) is 0 Å². The van der Waals surface area contributed by atoms with E-state index in [1.165, 1.54) is 9.35 Å². The summed E-state index contributed by atoms with van der Waals surface area (Å²) in [4.78, 5) is 1.46. The second kappa shape index (κ2) is 6.18. The summed E-state index contributed by atoms with van der Waals surface area (Å²) in [5.74, 6) is 0.728. The Kier molecular flexibility index (Phi) is 5.48. The molecule has 1 heterocycles. The van der Waals surface area contributed by atoms with Gasteiger partial charge in [-0.1, -0.05) is 27.7 Å². The Hall–Kier alpha value is 0.140. The van der Waals surface area contributed by atoms with E-state index in [1.54, 1.807) is 0 Å². The number of thiophene rings is 1. The molecule has 16 heavy (non-hydrogen) atoms. The SMILES string of the molecule is CC(C)CNCC(C)(C)Cc1cc(Br)cs1. The Balaban J connectivity index is 2.39. The van der Waals surface area contributed by atoms with Gasteiger partial charge in [0.1, 0.15) is 0 Å². The van der Waals surface area contributed by atoms with Crippen LogP contribution in [-0.4, -0.2) is 13.1 Å². The largest absolute Gasteiger partial charge is 0.316 e. The first-order valence-corrected chi connectivity index (χ1v) is 7.50. The maximum absolute atomic E-state index is 3.55. The molecule has 3 heteroatoms. The quantitative estimate of drug-likeness (QED) is 0.825. The van der Waals surface area contributed by atoms with E-state index in [0.717, 1.165) is 25.4 Å². The third kappa shape index (κ3) is 5.46. The minimum absolute atomic E-state index is 0.333. The van der Waals surface area contributed by atoms with Gasteiger partial charge in [0.05, 0.1) is 0 Å². The van der Waals surface area contributed by atoms with Gasteiger partial charge in [-0.15, -0.1) is 11.3 Å². The molecule has 0 radical (unpaired) electrons. The van der Waals surface area contributed by atoms with Crippen molar-refractivity contribution >= 4 is 27.3 Å². The van der Waals surface area contributed by atoms with Crippen LogP contribution < -0.4 is 5.32 Å². The van der Waals surface area contributed by atoms with Crippen molar-refractivity contribution in [2.45, 2.75) is 34.1 Å². The van der Waals surface area contributed by atoms with Crippen molar-refractivity contribution in [1.29, 1.82) is 0 Å². The van der Waals surface area contributed by atoms with Gasteiger partial charge in [0.25, 0.3) is 0 Å². The Labute approximate surface area is 112 Å². The zero-order chi connectivity index (χ0) is 12.2. The number of nitrogens with one attached hydrogen (secondary N) is 1. The van der Waals surface area contributed by atoms with Crippen LogP contribution in [0, 0.1) is 11.3 Å². The monoisotopic (exact) mass is 303 g/mol. The normalized spacial score (nSPS) is 12.4. The highest BCUT2D eigenvalue weighted by Crippen LogP contribution is 2.27. The average Bonchev–Trinajstić information content (AvgIpc) is 2.48.